The van der Waals surface area contributed by atoms with Crippen molar-refractivity contribution >= 4 is 17.3 Å². The second-order valence-electron chi connectivity index (χ2n) is 7.37. The maximum absolute atomic E-state index is 10.1. The van der Waals surface area contributed by atoms with Gasteiger partial charge < -0.3 is 14.9 Å². The monoisotopic (exact) mass is 407 g/mol. The molecule has 3 atom stereocenters. The quantitative estimate of drug-likeness (QED) is 0.752. The number of fused-ring (bicyclic) bond motifs is 2. The normalized spacial score (nSPS) is 27.2. The third kappa shape index (κ3) is 2.69. The Labute approximate surface area is 173 Å². The molecule has 3 aliphatic rings. The minimum atomic E-state index is -1.80. The standard InChI is InChI=1S/C21H18ClN5O2/c1-2-27-4-3-12-14(7-23)20(26)21(9-24,10-25)19(15(12)8-27)13-5-17-18(6-16(13)22)29-11-28-17/h3,5-6,14-15,19,26H,2,4,8,11H2,1H3/t14?,15-,19+/m1/s1. The number of rotatable bonds is 2. The largest absolute Gasteiger partial charge is 0.454 e. The summed E-state index contributed by atoms with van der Waals surface area (Å²) in [5, 5.41) is 39.0. The lowest BCUT2D eigenvalue weighted by Crippen LogP contribution is -2.52. The second kappa shape index (κ2) is 7.08. The van der Waals surface area contributed by atoms with E-state index >= 15 is 0 Å². The van der Waals surface area contributed by atoms with E-state index in [9.17, 15) is 15.8 Å². The molecule has 8 heteroatoms. The van der Waals surface area contributed by atoms with Crippen LogP contribution in [0.1, 0.15) is 18.4 Å². The molecule has 1 fully saturated rings. The number of hydrogen-bond acceptors (Lipinski definition) is 7. The third-order valence-corrected chi connectivity index (χ3v) is 6.47. The molecule has 1 N–H and O–H groups in total. The van der Waals surface area contributed by atoms with Crippen molar-refractivity contribution in [1.29, 1.82) is 21.2 Å². The molecule has 0 amide bonds. The van der Waals surface area contributed by atoms with Crippen LogP contribution in [0.3, 0.4) is 0 Å². The smallest absolute Gasteiger partial charge is 0.231 e. The maximum atomic E-state index is 10.1. The van der Waals surface area contributed by atoms with Gasteiger partial charge in [0.2, 0.25) is 6.79 Å². The average Bonchev–Trinajstić information content (AvgIpc) is 3.19. The molecule has 0 saturated heterocycles. The zero-order valence-corrected chi connectivity index (χ0v) is 16.5. The molecular weight excluding hydrogens is 390 g/mol. The first-order valence-electron chi connectivity index (χ1n) is 9.33. The lowest BCUT2D eigenvalue weighted by Gasteiger charge is -2.47. The van der Waals surface area contributed by atoms with Gasteiger partial charge in [0.15, 0.2) is 16.9 Å². The fourth-order valence-corrected chi connectivity index (χ4v) is 4.91. The van der Waals surface area contributed by atoms with Gasteiger partial charge in [0, 0.05) is 36.0 Å². The van der Waals surface area contributed by atoms with Crippen molar-refractivity contribution < 1.29 is 9.47 Å². The summed E-state index contributed by atoms with van der Waals surface area (Å²) in [6, 6.07) is 9.64. The lowest BCUT2D eigenvalue weighted by molar-refractivity contribution is 0.173. The van der Waals surface area contributed by atoms with Crippen LogP contribution in [-0.2, 0) is 0 Å². The molecule has 29 heavy (non-hydrogen) atoms. The Bertz CT molecular complexity index is 1030. The van der Waals surface area contributed by atoms with E-state index in [0.717, 1.165) is 12.1 Å². The van der Waals surface area contributed by atoms with Gasteiger partial charge in [-0.3, -0.25) is 4.90 Å². The molecule has 7 nitrogen and oxygen atoms in total. The summed E-state index contributed by atoms with van der Waals surface area (Å²) in [4.78, 5) is 2.19. The number of likely N-dealkylation sites (N-methyl/N-ethyl adjacent to an activating group) is 1. The van der Waals surface area contributed by atoms with Crippen LogP contribution < -0.4 is 9.47 Å². The molecule has 2 heterocycles. The molecular formula is C21H18ClN5O2. The first-order chi connectivity index (χ1) is 14.0. The number of benzene rings is 1. The average molecular weight is 408 g/mol. The summed E-state index contributed by atoms with van der Waals surface area (Å²) in [6.45, 7) is 4.15. The molecule has 4 rings (SSSR count). The van der Waals surface area contributed by atoms with Crippen molar-refractivity contribution in [1.82, 2.24) is 4.90 Å². The molecule has 0 aromatic heterocycles. The van der Waals surface area contributed by atoms with Gasteiger partial charge in [-0.1, -0.05) is 24.6 Å². The Balaban J connectivity index is 1.96. The van der Waals surface area contributed by atoms with Crippen LogP contribution in [0.4, 0.5) is 0 Å². The summed E-state index contributed by atoms with van der Waals surface area (Å²) in [7, 11) is 0. The van der Waals surface area contributed by atoms with Crippen LogP contribution in [0.25, 0.3) is 0 Å². The van der Waals surface area contributed by atoms with E-state index in [-0.39, 0.29) is 18.4 Å². The number of halogens is 1. The molecule has 146 valence electrons. The van der Waals surface area contributed by atoms with Gasteiger partial charge in [-0.25, -0.2) is 0 Å². The topological polar surface area (TPSA) is 117 Å². The highest BCUT2D eigenvalue weighted by atomic mass is 35.5. The van der Waals surface area contributed by atoms with E-state index in [4.69, 9.17) is 26.5 Å². The van der Waals surface area contributed by atoms with E-state index in [1.165, 1.54) is 0 Å². The van der Waals surface area contributed by atoms with Crippen LogP contribution in [0.15, 0.2) is 23.8 Å². The fraction of sp³-hybridized carbons (Fsp3) is 0.429. The summed E-state index contributed by atoms with van der Waals surface area (Å²) in [5.41, 5.74) is -0.622. The van der Waals surface area contributed by atoms with Crippen molar-refractivity contribution in [2.75, 3.05) is 26.4 Å². The van der Waals surface area contributed by atoms with Gasteiger partial charge >= 0.3 is 0 Å². The molecule has 0 radical (unpaired) electrons. The molecule has 0 bridgehead atoms. The van der Waals surface area contributed by atoms with E-state index in [2.05, 4.69) is 23.1 Å². The van der Waals surface area contributed by atoms with Crippen molar-refractivity contribution in [2.45, 2.75) is 12.8 Å². The molecule has 1 aromatic rings. The van der Waals surface area contributed by atoms with E-state index in [1.54, 1.807) is 12.1 Å². The first kappa shape index (κ1) is 19.3. The molecule has 2 aliphatic heterocycles. The van der Waals surface area contributed by atoms with Gasteiger partial charge in [-0.15, -0.1) is 0 Å². The highest BCUT2D eigenvalue weighted by molar-refractivity contribution is 6.31. The third-order valence-electron chi connectivity index (χ3n) is 6.14. The summed E-state index contributed by atoms with van der Waals surface area (Å²) in [5.74, 6) is -0.871. The summed E-state index contributed by atoms with van der Waals surface area (Å²) >= 11 is 6.58. The SMILES string of the molecule is CCN1CC=C2C(C#N)C(=N)C(C#N)(C#N)[C@@H](c3cc4c(cc3Cl)OCO4)[C@@H]2C1. The second-order valence-corrected chi connectivity index (χ2v) is 7.78. The van der Waals surface area contributed by atoms with E-state index in [0.29, 0.717) is 35.2 Å². The highest BCUT2D eigenvalue weighted by Crippen LogP contribution is 2.55. The van der Waals surface area contributed by atoms with Gasteiger partial charge in [0.1, 0.15) is 5.92 Å². The Morgan fingerprint density at radius 1 is 1.24 bits per heavy atom. The number of nitriles is 3. The molecule has 0 spiro atoms. The summed E-state index contributed by atoms with van der Waals surface area (Å²) in [6.07, 6.45) is 1.96. The Hall–Kier alpha value is -3.05. The number of hydrogen-bond donors (Lipinski definition) is 1. The Morgan fingerprint density at radius 2 is 1.93 bits per heavy atom. The zero-order chi connectivity index (χ0) is 20.8. The van der Waals surface area contributed by atoms with Crippen LogP contribution in [0.2, 0.25) is 5.02 Å². The van der Waals surface area contributed by atoms with E-state index < -0.39 is 17.3 Å². The van der Waals surface area contributed by atoms with Crippen molar-refractivity contribution in [3.05, 3.63) is 34.4 Å². The van der Waals surface area contributed by atoms with Gasteiger partial charge in [0.25, 0.3) is 0 Å². The summed E-state index contributed by atoms with van der Waals surface area (Å²) < 4.78 is 10.9. The predicted octanol–water partition coefficient (Wildman–Crippen LogP) is 3.24. The van der Waals surface area contributed by atoms with Crippen molar-refractivity contribution in [2.24, 2.45) is 17.3 Å². The number of nitrogens with one attached hydrogen (secondary N) is 1. The van der Waals surface area contributed by atoms with E-state index in [1.807, 2.05) is 13.0 Å². The fourth-order valence-electron chi connectivity index (χ4n) is 4.64. The highest BCUT2D eigenvalue weighted by Gasteiger charge is 2.58. The van der Waals surface area contributed by atoms with Crippen LogP contribution in [-0.4, -0.2) is 37.0 Å². The van der Waals surface area contributed by atoms with Crippen LogP contribution in [0.5, 0.6) is 11.5 Å². The van der Waals surface area contributed by atoms with Crippen LogP contribution >= 0.6 is 11.6 Å². The molecule has 1 saturated carbocycles. The van der Waals surface area contributed by atoms with Crippen LogP contribution in [0, 0.1) is 56.7 Å². The lowest BCUT2D eigenvalue weighted by atomic mass is 9.54. The molecule has 1 aliphatic carbocycles. The van der Waals surface area contributed by atoms with Crippen molar-refractivity contribution in [3.8, 4) is 29.7 Å². The Morgan fingerprint density at radius 3 is 2.55 bits per heavy atom. The zero-order valence-electron chi connectivity index (χ0n) is 15.8. The van der Waals surface area contributed by atoms with Gasteiger partial charge in [-0.2, -0.15) is 15.8 Å². The van der Waals surface area contributed by atoms with Gasteiger partial charge in [0.05, 0.1) is 23.9 Å². The van der Waals surface area contributed by atoms with Crippen molar-refractivity contribution in [3.63, 3.8) is 0 Å². The predicted molar refractivity (Wildman–Crippen MR) is 104 cm³/mol. The Kier molecular flexibility index (Phi) is 4.71. The maximum Gasteiger partial charge on any atom is 0.231 e. The molecule has 1 aromatic carbocycles. The first-order valence-corrected chi connectivity index (χ1v) is 9.70. The molecule has 1 unspecified atom stereocenters. The minimum Gasteiger partial charge on any atom is -0.454 e. The number of nitrogens with zero attached hydrogens (tertiary/aromatic N) is 4. The number of ether oxygens (including phenoxy) is 2. The van der Waals surface area contributed by atoms with Gasteiger partial charge in [-0.05, 0) is 23.7 Å². The minimum absolute atomic E-state index is 0.0753.